The number of nitrogens with zero attached hydrogens (tertiary/aromatic N) is 1. The van der Waals surface area contributed by atoms with Crippen molar-refractivity contribution in [1.29, 1.82) is 5.26 Å². The van der Waals surface area contributed by atoms with Crippen molar-refractivity contribution < 1.29 is 9.53 Å². The van der Waals surface area contributed by atoms with Crippen LogP contribution in [0.4, 0.5) is 4.79 Å². The molecular formula is C7H12N2O2. The summed E-state index contributed by atoms with van der Waals surface area (Å²) in [5.41, 5.74) is 0. The summed E-state index contributed by atoms with van der Waals surface area (Å²) < 4.78 is 4.43. The maximum Gasteiger partial charge on any atom is 0.408 e. The fraction of sp³-hybridized carbons (Fsp3) is 0.714. The summed E-state index contributed by atoms with van der Waals surface area (Å²) in [4.78, 5) is 10.6. The van der Waals surface area contributed by atoms with Gasteiger partial charge < -0.3 is 10.1 Å². The summed E-state index contributed by atoms with van der Waals surface area (Å²) in [5.74, 6) is 0.393. The Labute approximate surface area is 66.1 Å². The largest absolute Gasteiger partial charge is 0.434 e. The van der Waals surface area contributed by atoms with E-state index in [-0.39, 0.29) is 6.61 Å². The van der Waals surface area contributed by atoms with Crippen LogP contribution in [0.3, 0.4) is 0 Å². The molecule has 4 nitrogen and oxygen atoms in total. The summed E-state index contributed by atoms with van der Waals surface area (Å²) in [6, 6.07) is 1.70. The van der Waals surface area contributed by atoms with Gasteiger partial charge in [-0.1, -0.05) is 13.8 Å². The van der Waals surface area contributed by atoms with E-state index in [4.69, 9.17) is 5.26 Å². The second-order valence-corrected chi connectivity index (χ2v) is 2.51. The first-order chi connectivity index (χ1) is 5.16. The van der Waals surface area contributed by atoms with Gasteiger partial charge in [0, 0.05) is 6.54 Å². The Balaban J connectivity index is 3.32. The molecule has 0 spiro atoms. The highest BCUT2D eigenvalue weighted by Gasteiger charge is 2.00. The van der Waals surface area contributed by atoms with Gasteiger partial charge in [-0.15, -0.1) is 0 Å². The van der Waals surface area contributed by atoms with Crippen LogP contribution in [0, 0.1) is 17.2 Å². The number of nitrogens with one attached hydrogen (secondary N) is 1. The Morgan fingerprint density at radius 2 is 2.36 bits per heavy atom. The van der Waals surface area contributed by atoms with Gasteiger partial charge in [-0.25, -0.2) is 4.79 Å². The van der Waals surface area contributed by atoms with Crippen LogP contribution in [0.2, 0.25) is 0 Å². The predicted octanol–water partition coefficient (Wildman–Crippen LogP) is 0.892. The van der Waals surface area contributed by atoms with E-state index in [0.717, 1.165) is 0 Å². The number of hydrogen-bond acceptors (Lipinski definition) is 3. The van der Waals surface area contributed by atoms with E-state index in [2.05, 4.69) is 10.1 Å². The van der Waals surface area contributed by atoms with Crippen LogP contribution in [0.25, 0.3) is 0 Å². The highest BCUT2D eigenvalue weighted by atomic mass is 16.5. The molecule has 0 saturated carbocycles. The molecule has 0 saturated heterocycles. The van der Waals surface area contributed by atoms with Gasteiger partial charge in [0.05, 0.1) is 0 Å². The lowest BCUT2D eigenvalue weighted by Gasteiger charge is -2.05. The highest BCUT2D eigenvalue weighted by Crippen LogP contribution is 1.87. The van der Waals surface area contributed by atoms with Crippen LogP contribution in [0.1, 0.15) is 13.8 Å². The first kappa shape index (κ1) is 9.76. The minimum Gasteiger partial charge on any atom is -0.434 e. The van der Waals surface area contributed by atoms with Crippen molar-refractivity contribution in [3.05, 3.63) is 0 Å². The topological polar surface area (TPSA) is 62.1 Å². The minimum absolute atomic E-state index is 0.191. The predicted molar refractivity (Wildman–Crippen MR) is 39.8 cm³/mol. The lowest BCUT2D eigenvalue weighted by Crippen LogP contribution is -2.28. The van der Waals surface area contributed by atoms with E-state index in [9.17, 15) is 4.79 Å². The lowest BCUT2D eigenvalue weighted by atomic mass is 10.2. The molecule has 0 aromatic heterocycles. The molecule has 0 aliphatic carbocycles. The Kier molecular flexibility index (Phi) is 4.91. The number of carbonyl (C=O) groups is 1. The molecule has 11 heavy (non-hydrogen) atoms. The van der Waals surface area contributed by atoms with Crippen LogP contribution < -0.4 is 5.32 Å². The summed E-state index contributed by atoms with van der Waals surface area (Å²) >= 11 is 0. The summed E-state index contributed by atoms with van der Waals surface area (Å²) in [7, 11) is 0. The van der Waals surface area contributed by atoms with E-state index >= 15 is 0 Å². The van der Waals surface area contributed by atoms with Gasteiger partial charge in [0.15, 0.2) is 6.61 Å². The molecule has 0 aliphatic rings. The molecule has 0 heterocycles. The van der Waals surface area contributed by atoms with Gasteiger partial charge in [-0.3, -0.25) is 0 Å². The summed E-state index contributed by atoms with van der Waals surface area (Å²) in [6.07, 6.45) is -0.528. The molecule has 0 atom stereocenters. The smallest absolute Gasteiger partial charge is 0.408 e. The number of carbonyl (C=O) groups excluding carboxylic acids is 1. The quantitative estimate of drug-likeness (QED) is 0.660. The monoisotopic (exact) mass is 156 g/mol. The molecule has 0 bridgehead atoms. The van der Waals surface area contributed by atoms with Crippen LogP contribution in [0.15, 0.2) is 0 Å². The number of rotatable bonds is 3. The molecule has 0 aromatic carbocycles. The Morgan fingerprint density at radius 3 is 2.82 bits per heavy atom. The van der Waals surface area contributed by atoms with Gasteiger partial charge in [-0.2, -0.15) is 5.26 Å². The SMILES string of the molecule is CC(C)CNC(=O)OCC#N. The van der Waals surface area contributed by atoms with E-state index in [1.807, 2.05) is 13.8 Å². The lowest BCUT2D eigenvalue weighted by molar-refractivity contribution is 0.158. The van der Waals surface area contributed by atoms with Crippen molar-refractivity contribution in [3.8, 4) is 6.07 Å². The molecule has 0 fully saturated rings. The zero-order valence-electron chi connectivity index (χ0n) is 6.76. The number of amides is 1. The van der Waals surface area contributed by atoms with Gasteiger partial charge in [0.25, 0.3) is 0 Å². The van der Waals surface area contributed by atoms with Crippen molar-refractivity contribution in [3.63, 3.8) is 0 Å². The van der Waals surface area contributed by atoms with E-state index in [1.54, 1.807) is 6.07 Å². The number of ether oxygens (including phenoxy) is 1. The average Bonchev–Trinajstić information content (AvgIpc) is 1.97. The minimum atomic E-state index is -0.528. The van der Waals surface area contributed by atoms with Gasteiger partial charge >= 0.3 is 6.09 Å². The van der Waals surface area contributed by atoms with Crippen LogP contribution in [-0.4, -0.2) is 19.2 Å². The maximum atomic E-state index is 10.6. The standard InChI is InChI=1S/C7H12N2O2/c1-6(2)5-9-7(10)11-4-3-8/h6H,4-5H2,1-2H3,(H,9,10). The van der Waals surface area contributed by atoms with E-state index in [0.29, 0.717) is 12.5 Å². The molecule has 1 N–H and O–H groups in total. The van der Waals surface area contributed by atoms with E-state index < -0.39 is 6.09 Å². The van der Waals surface area contributed by atoms with Crippen molar-refractivity contribution in [2.24, 2.45) is 5.92 Å². The molecule has 0 rings (SSSR count). The third-order valence-corrected chi connectivity index (χ3v) is 0.922. The summed E-state index contributed by atoms with van der Waals surface area (Å²) in [5, 5.41) is 10.5. The molecule has 0 aromatic rings. The van der Waals surface area contributed by atoms with Crippen LogP contribution >= 0.6 is 0 Å². The Morgan fingerprint density at radius 1 is 1.73 bits per heavy atom. The Hall–Kier alpha value is -1.24. The molecule has 1 amide bonds. The molecule has 0 aliphatic heterocycles. The fourth-order valence-electron chi connectivity index (χ4n) is 0.436. The number of nitriles is 1. The maximum absolute atomic E-state index is 10.6. The molecule has 0 radical (unpaired) electrons. The summed E-state index contributed by atoms with van der Waals surface area (Å²) in [6.45, 7) is 4.34. The van der Waals surface area contributed by atoms with Crippen LogP contribution in [-0.2, 0) is 4.74 Å². The Bertz CT molecular complexity index is 160. The normalized spacial score (nSPS) is 8.91. The van der Waals surface area contributed by atoms with Crippen molar-refractivity contribution in [2.75, 3.05) is 13.2 Å². The van der Waals surface area contributed by atoms with Crippen molar-refractivity contribution >= 4 is 6.09 Å². The third-order valence-electron chi connectivity index (χ3n) is 0.922. The first-order valence-electron chi connectivity index (χ1n) is 3.44. The third kappa shape index (κ3) is 6.65. The second kappa shape index (κ2) is 5.54. The average molecular weight is 156 g/mol. The molecule has 62 valence electrons. The van der Waals surface area contributed by atoms with Gasteiger partial charge in [0.2, 0.25) is 0 Å². The van der Waals surface area contributed by atoms with Gasteiger partial charge in [-0.05, 0) is 5.92 Å². The van der Waals surface area contributed by atoms with Gasteiger partial charge in [0.1, 0.15) is 6.07 Å². The van der Waals surface area contributed by atoms with Crippen molar-refractivity contribution in [1.82, 2.24) is 5.32 Å². The zero-order valence-corrected chi connectivity index (χ0v) is 6.76. The molecule has 4 heteroatoms. The molecular weight excluding hydrogens is 144 g/mol. The number of hydrogen-bond donors (Lipinski definition) is 1. The fourth-order valence-corrected chi connectivity index (χ4v) is 0.436. The highest BCUT2D eigenvalue weighted by molar-refractivity contribution is 5.67. The van der Waals surface area contributed by atoms with E-state index in [1.165, 1.54) is 0 Å². The van der Waals surface area contributed by atoms with Crippen LogP contribution in [0.5, 0.6) is 0 Å². The van der Waals surface area contributed by atoms with Crippen molar-refractivity contribution in [2.45, 2.75) is 13.8 Å². The molecule has 0 unspecified atom stereocenters. The second-order valence-electron chi connectivity index (χ2n) is 2.51. The zero-order chi connectivity index (χ0) is 8.69. The number of alkyl carbamates (subject to hydrolysis) is 1. The first-order valence-corrected chi connectivity index (χ1v) is 3.44.